The van der Waals surface area contributed by atoms with Gasteiger partial charge in [0.25, 0.3) is 0 Å². The van der Waals surface area contributed by atoms with E-state index in [-0.39, 0.29) is 6.10 Å². The first-order valence-electron chi connectivity index (χ1n) is 9.48. The Morgan fingerprint density at radius 3 is 2.65 bits per heavy atom. The van der Waals surface area contributed by atoms with Crippen LogP contribution in [0.3, 0.4) is 0 Å². The Kier molecular flexibility index (Phi) is 5.45. The van der Waals surface area contributed by atoms with Crippen molar-refractivity contribution in [2.75, 3.05) is 13.1 Å². The highest BCUT2D eigenvalue weighted by Gasteiger charge is 2.26. The van der Waals surface area contributed by atoms with Gasteiger partial charge in [-0.2, -0.15) is 5.10 Å². The molecule has 7 heteroatoms. The van der Waals surface area contributed by atoms with E-state index in [1.807, 2.05) is 28.9 Å². The van der Waals surface area contributed by atoms with E-state index >= 15 is 0 Å². The predicted octanol–water partition coefficient (Wildman–Crippen LogP) is 4.26. The second-order valence-corrected chi connectivity index (χ2v) is 8.18. The third-order valence-electron chi connectivity index (χ3n) is 5.49. The molecule has 4 rings (SSSR count). The smallest absolute Gasteiger partial charge is 0.199 e. The number of hydrogen-bond acceptors (Lipinski definition) is 4. The van der Waals surface area contributed by atoms with Gasteiger partial charge in [-0.3, -0.25) is 9.47 Å². The van der Waals surface area contributed by atoms with Crippen molar-refractivity contribution in [3.05, 3.63) is 34.1 Å². The Balaban J connectivity index is 1.73. The summed E-state index contributed by atoms with van der Waals surface area (Å²) in [6.07, 6.45) is 6.38. The van der Waals surface area contributed by atoms with Gasteiger partial charge in [0.15, 0.2) is 10.6 Å². The zero-order valence-electron chi connectivity index (χ0n) is 14.9. The number of aliphatic hydroxyl groups excluding tert-OH is 1. The molecule has 1 aliphatic heterocycles. The fourth-order valence-electron chi connectivity index (χ4n) is 4.18. The number of piperidine rings is 1. The van der Waals surface area contributed by atoms with Gasteiger partial charge in [-0.25, -0.2) is 4.68 Å². The van der Waals surface area contributed by atoms with Gasteiger partial charge < -0.3 is 5.11 Å². The van der Waals surface area contributed by atoms with Gasteiger partial charge in [0.1, 0.15) is 0 Å². The third-order valence-corrected chi connectivity index (χ3v) is 6.23. The van der Waals surface area contributed by atoms with Gasteiger partial charge in [0.2, 0.25) is 0 Å². The maximum absolute atomic E-state index is 9.95. The lowest BCUT2D eigenvalue weighted by molar-refractivity contribution is 0.0512. The SMILES string of the molecule is O[C@H]1CCCN(Cn2nc(-c3ccccc3Cl)n(C3CCCC3)c2=S)C1. The maximum atomic E-state index is 9.95. The van der Waals surface area contributed by atoms with E-state index in [1.165, 1.54) is 12.8 Å². The van der Waals surface area contributed by atoms with Gasteiger partial charge in [-0.1, -0.05) is 36.6 Å². The second kappa shape index (κ2) is 7.80. The molecule has 2 aromatic rings. The van der Waals surface area contributed by atoms with E-state index < -0.39 is 0 Å². The molecule has 1 atom stereocenters. The lowest BCUT2D eigenvalue weighted by Crippen LogP contribution is -2.39. The van der Waals surface area contributed by atoms with Crippen LogP contribution >= 0.6 is 23.8 Å². The molecule has 1 aliphatic carbocycles. The van der Waals surface area contributed by atoms with E-state index in [0.717, 1.165) is 48.4 Å². The Morgan fingerprint density at radius 2 is 1.92 bits per heavy atom. The van der Waals surface area contributed by atoms with Crippen LogP contribution in [0.1, 0.15) is 44.6 Å². The van der Waals surface area contributed by atoms with Gasteiger partial charge in [0, 0.05) is 24.7 Å². The molecule has 5 nitrogen and oxygen atoms in total. The molecule has 1 aromatic heterocycles. The first-order chi connectivity index (χ1) is 12.6. The van der Waals surface area contributed by atoms with Gasteiger partial charge in [0.05, 0.1) is 17.8 Å². The lowest BCUT2D eigenvalue weighted by atomic mass is 10.1. The van der Waals surface area contributed by atoms with Crippen LogP contribution < -0.4 is 0 Å². The summed E-state index contributed by atoms with van der Waals surface area (Å²) >= 11 is 12.3. The zero-order valence-corrected chi connectivity index (χ0v) is 16.4. The Labute approximate surface area is 164 Å². The highest BCUT2D eigenvalue weighted by molar-refractivity contribution is 7.71. The average Bonchev–Trinajstić information content (AvgIpc) is 3.24. The van der Waals surface area contributed by atoms with Crippen LogP contribution in [-0.2, 0) is 6.67 Å². The van der Waals surface area contributed by atoms with Gasteiger partial charge in [-0.05, 0) is 50.0 Å². The van der Waals surface area contributed by atoms with E-state index in [9.17, 15) is 5.11 Å². The summed E-state index contributed by atoms with van der Waals surface area (Å²) < 4.78 is 4.88. The molecule has 0 radical (unpaired) electrons. The number of aliphatic hydroxyl groups is 1. The average molecular weight is 393 g/mol. The lowest BCUT2D eigenvalue weighted by Gasteiger charge is -2.29. The largest absolute Gasteiger partial charge is 0.392 e. The number of nitrogens with zero attached hydrogens (tertiary/aromatic N) is 4. The highest BCUT2D eigenvalue weighted by atomic mass is 35.5. The summed E-state index contributed by atoms with van der Waals surface area (Å²) in [5, 5.41) is 15.5. The molecule has 1 saturated heterocycles. The van der Waals surface area contributed by atoms with Crippen molar-refractivity contribution in [2.24, 2.45) is 0 Å². The van der Waals surface area contributed by atoms with Crippen LogP contribution in [0.25, 0.3) is 11.4 Å². The second-order valence-electron chi connectivity index (χ2n) is 7.41. The quantitative estimate of drug-likeness (QED) is 0.789. The van der Waals surface area contributed by atoms with Gasteiger partial charge in [-0.15, -0.1) is 0 Å². The first kappa shape index (κ1) is 18.2. The standard InChI is InChI=1S/C19H25ClN4OS/c20-17-10-4-3-9-16(17)18-21-23(13-22-11-5-8-15(25)12-22)19(26)24(18)14-6-1-2-7-14/h3-4,9-10,14-15,25H,1-2,5-8,11-13H2/t15-/m0/s1. The highest BCUT2D eigenvalue weighted by Crippen LogP contribution is 2.35. The van der Waals surface area contributed by atoms with Crippen molar-refractivity contribution in [3.8, 4) is 11.4 Å². The molecular formula is C19H25ClN4OS. The van der Waals surface area contributed by atoms with Crippen molar-refractivity contribution in [3.63, 3.8) is 0 Å². The first-order valence-corrected chi connectivity index (χ1v) is 10.3. The molecule has 0 amide bonds. The molecule has 0 spiro atoms. The van der Waals surface area contributed by atoms with E-state index in [1.54, 1.807) is 0 Å². The molecule has 0 bridgehead atoms. The molecular weight excluding hydrogens is 368 g/mol. The summed E-state index contributed by atoms with van der Waals surface area (Å²) in [6.45, 7) is 2.27. The number of likely N-dealkylation sites (tertiary alicyclic amines) is 1. The molecule has 0 unspecified atom stereocenters. The molecule has 2 fully saturated rings. The van der Waals surface area contributed by atoms with Crippen LogP contribution in [0.5, 0.6) is 0 Å². The summed E-state index contributed by atoms with van der Waals surface area (Å²) in [4.78, 5) is 2.23. The van der Waals surface area contributed by atoms with Crippen LogP contribution in [-0.4, -0.2) is 43.5 Å². The maximum Gasteiger partial charge on any atom is 0.199 e. The van der Waals surface area contributed by atoms with Crippen molar-refractivity contribution in [1.82, 2.24) is 19.2 Å². The molecule has 1 N–H and O–H groups in total. The predicted molar refractivity (Wildman–Crippen MR) is 106 cm³/mol. The topological polar surface area (TPSA) is 46.2 Å². The Bertz CT molecular complexity index is 827. The summed E-state index contributed by atoms with van der Waals surface area (Å²) in [5.74, 6) is 0.866. The number of β-amino-alcohol motifs (C(OH)–C–C–N with tert-alkyl or cyclic N) is 1. The number of halogens is 1. The van der Waals surface area contributed by atoms with Crippen LogP contribution in [0, 0.1) is 4.77 Å². The van der Waals surface area contributed by atoms with Crippen molar-refractivity contribution in [2.45, 2.75) is 57.3 Å². The third kappa shape index (κ3) is 3.60. The van der Waals surface area contributed by atoms with E-state index in [0.29, 0.717) is 24.3 Å². The minimum atomic E-state index is -0.252. The number of benzene rings is 1. The fourth-order valence-corrected chi connectivity index (χ4v) is 4.73. The van der Waals surface area contributed by atoms with Crippen molar-refractivity contribution in [1.29, 1.82) is 0 Å². The van der Waals surface area contributed by atoms with Crippen LogP contribution in [0.2, 0.25) is 5.02 Å². The summed E-state index contributed by atoms with van der Waals surface area (Å²) in [5.41, 5.74) is 0.935. The summed E-state index contributed by atoms with van der Waals surface area (Å²) in [7, 11) is 0. The number of hydrogen-bond donors (Lipinski definition) is 1. The minimum absolute atomic E-state index is 0.252. The van der Waals surface area contributed by atoms with E-state index in [2.05, 4.69) is 9.47 Å². The number of aromatic nitrogens is 3. The molecule has 2 aliphatic rings. The van der Waals surface area contributed by atoms with Crippen LogP contribution in [0.4, 0.5) is 0 Å². The monoisotopic (exact) mass is 392 g/mol. The van der Waals surface area contributed by atoms with Crippen molar-refractivity contribution >= 4 is 23.8 Å². The fraction of sp³-hybridized carbons (Fsp3) is 0.579. The molecule has 1 aromatic carbocycles. The molecule has 1 saturated carbocycles. The summed E-state index contributed by atoms with van der Waals surface area (Å²) in [6, 6.07) is 8.24. The Morgan fingerprint density at radius 1 is 1.15 bits per heavy atom. The Hall–Kier alpha value is -1.21. The minimum Gasteiger partial charge on any atom is -0.392 e. The van der Waals surface area contributed by atoms with Gasteiger partial charge >= 0.3 is 0 Å². The number of rotatable bonds is 4. The zero-order chi connectivity index (χ0) is 18.1. The molecule has 2 heterocycles. The molecule has 140 valence electrons. The van der Waals surface area contributed by atoms with E-state index in [4.69, 9.17) is 28.9 Å². The van der Waals surface area contributed by atoms with Crippen molar-refractivity contribution < 1.29 is 5.11 Å². The molecule has 26 heavy (non-hydrogen) atoms. The van der Waals surface area contributed by atoms with Crippen LogP contribution in [0.15, 0.2) is 24.3 Å². The normalized spacial score (nSPS) is 22.2.